The average Bonchev–Trinajstić information content (AvgIpc) is 2.22. The largest absolute Gasteiger partial charge is 0.488 e. The molecule has 82 valence electrons. The van der Waals surface area contributed by atoms with E-state index >= 15 is 0 Å². The molecule has 3 heteroatoms. The number of hydrogen-bond acceptors (Lipinski definition) is 3. The van der Waals surface area contributed by atoms with Crippen molar-refractivity contribution in [1.82, 2.24) is 0 Å². The van der Waals surface area contributed by atoms with Gasteiger partial charge in [0.05, 0.1) is 11.8 Å². The molecular weight excluding hydrogens is 190 g/mol. The first-order valence-electron chi connectivity index (χ1n) is 5.45. The van der Waals surface area contributed by atoms with Crippen molar-refractivity contribution in [3.63, 3.8) is 0 Å². The zero-order chi connectivity index (χ0) is 10.7. The maximum Gasteiger partial charge on any atom is 0.142 e. The molecule has 2 rings (SSSR count). The summed E-state index contributed by atoms with van der Waals surface area (Å²) >= 11 is 0. The Morgan fingerprint density at radius 1 is 1.27 bits per heavy atom. The van der Waals surface area contributed by atoms with Crippen LogP contribution in [0.1, 0.15) is 25.7 Å². The fourth-order valence-corrected chi connectivity index (χ4v) is 1.99. The fourth-order valence-electron chi connectivity index (χ4n) is 1.99. The molecule has 1 aromatic rings. The summed E-state index contributed by atoms with van der Waals surface area (Å²) in [5.74, 6) is 0.733. The summed E-state index contributed by atoms with van der Waals surface area (Å²) < 4.78 is 5.77. The zero-order valence-corrected chi connectivity index (χ0v) is 8.73. The molecule has 0 amide bonds. The van der Waals surface area contributed by atoms with Crippen molar-refractivity contribution < 1.29 is 9.84 Å². The number of hydrogen-bond donors (Lipinski definition) is 2. The molecule has 0 spiro atoms. The molecule has 0 radical (unpaired) electrons. The first-order valence-corrected chi connectivity index (χ1v) is 5.45. The van der Waals surface area contributed by atoms with E-state index in [1.165, 1.54) is 0 Å². The Labute approximate surface area is 89.9 Å². The second-order valence-corrected chi connectivity index (χ2v) is 4.10. The Balaban J connectivity index is 1.99. The zero-order valence-electron chi connectivity index (χ0n) is 8.73. The van der Waals surface area contributed by atoms with E-state index in [1.807, 2.05) is 24.3 Å². The molecule has 1 aliphatic rings. The van der Waals surface area contributed by atoms with Crippen LogP contribution in [0.25, 0.3) is 0 Å². The normalized spacial score (nSPS) is 26.2. The molecule has 1 fully saturated rings. The molecular formula is C12H17NO2. The van der Waals surface area contributed by atoms with Crippen LogP contribution in [-0.4, -0.2) is 17.3 Å². The Morgan fingerprint density at radius 2 is 2.07 bits per heavy atom. The van der Waals surface area contributed by atoms with Crippen molar-refractivity contribution in [1.29, 1.82) is 0 Å². The number of rotatable bonds is 2. The smallest absolute Gasteiger partial charge is 0.142 e. The minimum absolute atomic E-state index is 0.110. The lowest BCUT2D eigenvalue weighted by molar-refractivity contribution is 0.0540. The van der Waals surface area contributed by atoms with Gasteiger partial charge >= 0.3 is 0 Å². The molecule has 15 heavy (non-hydrogen) atoms. The molecule has 0 bridgehead atoms. The first-order chi connectivity index (χ1) is 7.25. The highest BCUT2D eigenvalue weighted by molar-refractivity contribution is 5.51. The highest BCUT2D eigenvalue weighted by atomic mass is 16.5. The number of nitrogens with two attached hydrogens (primary N) is 1. The van der Waals surface area contributed by atoms with Gasteiger partial charge in [-0.2, -0.15) is 0 Å². The fraction of sp³-hybridized carbons (Fsp3) is 0.500. The standard InChI is InChI=1S/C12H17NO2/c13-11-6-1-2-7-12(11)15-10-5-3-4-9(14)8-10/h1-2,6-7,9-10,14H,3-5,8,13H2. The van der Waals surface area contributed by atoms with E-state index in [1.54, 1.807) is 0 Å². The van der Waals surface area contributed by atoms with Gasteiger partial charge in [0.2, 0.25) is 0 Å². The molecule has 1 aromatic carbocycles. The molecule has 2 unspecified atom stereocenters. The van der Waals surface area contributed by atoms with E-state index in [2.05, 4.69) is 0 Å². The van der Waals surface area contributed by atoms with Crippen LogP contribution in [0.3, 0.4) is 0 Å². The number of aliphatic hydroxyl groups excluding tert-OH is 1. The quantitative estimate of drug-likeness (QED) is 0.729. The van der Waals surface area contributed by atoms with Gasteiger partial charge in [-0.3, -0.25) is 0 Å². The lowest BCUT2D eigenvalue weighted by atomic mass is 9.95. The Morgan fingerprint density at radius 3 is 2.80 bits per heavy atom. The topological polar surface area (TPSA) is 55.5 Å². The first kappa shape index (κ1) is 10.3. The SMILES string of the molecule is Nc1ccccc1OC1CCCC(O)C1. The van der Waals surface area contributed by atoms with Crippen molar-refractivity contribution in [2.75, 3.05) is 5.73 Å². The Hall–Kier alpha value is -1.22. The van der Waals surface area contributed by atoms with Gasteiger partial charge in [0.1, 0.15) is 11.9 Å². The summed E-state index contributed by atoms with van der Waals surface area (Å²) in [5, 5.41) is 9.52. The number of nitrogen functional groups attached to an aromatic ring is 1. The van der Waals surface area contributed by atoms with Crippen molar-refractivity contribution in [3.8, 4) is 5.75 Å². The van der Waals surface area contributed by atoms with E-state index in [4.69, 9.17) is 10.5 Å². The minimum Gasteiger partial charge on any atom is -0.488 e. The Kier molecular flexibility index (Phi) is 3.11. The number of benzene rings is 1. The van der Waals surface area contributed by atoms with Crippen molar-refractivity contribution in [2.24, 2.45) is 0 Å². The van der Waals surface area contributed by atoms with E-state index in [0.717, 1.165) is 25.0 Å². The van der Waals surface area contributed by atoms with E-state index in [0.29, 0.717) is 12.1 Å². The predicted molar refractivity (Wildman–Crippen MR) is 59.7 cm³/mol. The third-order valence-corrected chi connectivity index (χ3v) is 2.81. The van der Waals surface area contributed by atoms with Crippen LogP contribution in [0, 0.1) is 0 Å². The highest BCUT2D eigenvalue weighted by Gasteiger charge is 2.21. The molecule has 1 aliphatic carbocycles. The summed E-state index contributed by atoms with van der Waals surface area (Å²) in [6.07, 6.45) is 3.54. The van der Waals surface area contributed by atoms with Crippen LogP contribution in [0.2, 0.25) is 0 Å². The van der Waals surface area contributed by atoms with Gasteiger partial charge in [-0.15, -0.1) is 0 Å². The van der Waals surface area contributed by atoms with E-state index in [-0.39, 0.29) is 12.2 Å². The number of anilines is 1. The molecule has 0 heterocycles. The minimum atomic E-state index is -0.214. The highest BCUT2D eigenvalue weighted by Crippen LogP contribution is 2.27. The Bertz CT molecular complexity index is 327. The van der Waals surface area contributed by atoms with Crippen LogP contribution in [0.4, 0.5) is 5.69 Å². The van der Waals surface area contributed by atoms with E-state index < -0.39 is 0 Å². The summed E-state index contributed by atoms with van der Waals surface area (Å²) in [7, 11) is 0. The molecule has 0 saturated heterocycles. The second-order valence-electron chi connectivity index (χ2n) is 4.10. The monoisotopic (exact) mass is 207 g/mol. The summed E-state index contributed by atoms with van der Waals surface area (Å²) in [6.45, 7) is 0. The van der Waals surface area contributed by atoms with Crippen LogP contribution >= 0.6 is 0 Å². The third-order valence-electron chi connectivity index (χ3n) is 2.81. The molecule has 3 N–H and O–H groups in total. The summed E-state index contributed by atoms with van der Waals surface area (Å²) in [4.78, 5) is 0. The molecule has 2 atom stereocenters. The van der Waals surface area contributed by atoms with Crippen LogP contribution in [0.15, 0.2) is 24.3 Å². The van der Waals surface area contributed by atoms with Crippen molar-refractivity contribution >= 4 is 5.69 Å². The molecule has 0 aromatic heterocycles. The van der Waals surface area contributed by atoms with Gasteiger partial charge in [0.25, 0.3) is 0 Å². The molecule has 1 saturated carbocycles. The van der Waals surface area contributed by atoms with Crippen molar-refractivity contribution in [3.05, 3.63) is 24.3 Å². The van der Waals surface area contributed by atoms with Crippen LogP contribution in [-0.2, 0) is 0 Å². The lowest BCUT2D eigenvalue weighted by Crippen LogP contribution is -2.28. The maximum atomic E-state index is 9.52. The van der Waals surface area contributed by atoms with Crippen LogP contribution in [0.5, 0.6) is 5.75 Å². The van der Waals surface area contributed by atoms with Gasteiger partial charge < -0.3 is 15.6 Å². The number of aliphatic hydroxyl groups is 1. The third kappa shape index (κ3) is 2.63. The molecule has 0 aliphatic heterocycles. The van der Waals surface area contributed by atoms with Gasteiger partial charge in [0, 0.05) is 6.42 Å². The number of ether oxygens (including phenoxy) is 1. The van der Waals surface area contributed by atoms with Crippen molar-refractivity contribution in [2.45, 2.75) is 37.9 Å². The maximum absolute atomic E-state index is 9.52. The van der Waals surface area contributed by atoms with Gasteiger partial charge in [-0.05, 0) is 31.4 Å². The van der Waals surface area contributed by atoms with E-state index in [9.17, 15) is 5.11 Å². The average molecular weight is 207 g/mol. The lowest BCUT2D eigenvalue weighted by Gasteiger charge is -2.27. The predicted octanol–water partition coefficient (Wildman–Crippen LogP) is 1.95. The van der Waals surface area contributed by atoms with Gasteiger partial charge in [0.15, 0.2) is 0 Å². The molecule has 3 nitrogen and oxygen atoms in total. The number of para-hydroxylation sites is 2. The second kappa shape index (κ2) is 4.53. The summed E-state index contributed by atoms with van der Waals surface area (Å²) in [6, 6.07) is 7.49. The van der Waals surface area contributed by atoms with Gasteiger partial charge in [-0.25, -0.2) is 0 Å². The summed E-state index contributed by atoms with van der Waals surface area (Å²) in [5.41, 5.74) is 6.45. The van der Waals surface area contributed by atoms with Crippen LogP contribution < -0.4 is 10.5 Å². The van der Waals surface area contributed by atoms with Gasteiger partial charge in [-0.1, -0.05) is 12.1 Å².